The number of ketones is 1. The van der Waals surface area contributed by atoms with E-state index in [2.05, 4.69) is 75.1 Å². The Morgan fingerprint density at radius 2 is 0.909 bits per heavy atom. The van der Waals surface area contributed by atoms with Gasteiger partial charge in [0.15, 0.2) is 0 Å². The van der Waals surface area contributed by atoms with E-state index < -0.39 is 24.2 Å². The first-order chi connectivity index (χ1) is 37.6. The van der Waals surface area contributed by atoms with Gasteiger partial charge in [-0.25, -0.2) is 9.59 Å². The normalized spacial score (nSPS) is 13.0. The van der Waals surface area contributed by atoms with Crippen molar-refractivity contribution in [2.75, 3.05) is 46.5 Å². The van der Waals surface area contributed by atoms with Gasteiger partial charge in [-0.15, -0.1) is 0 Å². The Morgan fingerprint density at radius 3 is 1.40 bits per heavy atom. The van der Waals surface area contributed by atoms with Crippen molar-refractivity contribution in [2.24, 2.45) is 5.92 Å². The summed E-state index contributed by atoms with van der Waals surface area (Å²) in [5, 5.41) is 14.2. The number of fused-ring (bicyclic) bond motifs is 6. The minimum Gasteiger partial charge on any atom is -0.465 e. The molecule has 2 aliphatic rings. The molecule has 0 saturated carbocycles. The van der Waals surface area contributed by atoms with Crippen LogP contribution in [0.3, 0.4) is 0 Å². The Hall–Kier alpha value is -7.03. The smallest absolute Gasteiger partial charge is 0.407 e. The molecule has 0 spiro atoms. The van der Waals surface area contributed by atoms with Crippen molar-refractivity contribution < 1.29 is 47.8 Å². The van der Waals surface area contributed by atoms with Gasteiger partial charge in [-0.2, -0.15) is 0 Å². The highest BCUT2D eigenvalue weighted by Gasteiger charge is 2.30. The number of alkyl carbamates (subject to hydrolysis) is 2. The molecular weight excluding hydrogens is 975 g/mol. The third-order valence-corrected chi connectivity index (χ3v) is 14.8. The van der Waals surface area contributed by atoms with E-state index in [0.717, 1.165) is 62.5 Å². The first kappa shape index (κ1) is 59.2. The summed E-state index contributed by atoms with van der Waals surface area (Å²) in [6, 6.07) is 32.1. The average Bonchev–Trinajstić information content (AvgIpc) is 4.03. The maximum Gasteiger partial charge on any atom is 0.407 e. The second kappa shape index (κ2) is 32.5. The molecule has 414 valence electrons. The summed E-state index contributed by atoms with van der Waals surface area (Å²) in [6.07, 6.45) is 10.3. The minimum atomic E-state index is -0.715. The van der Waals surface area contributed by atoms with Gasteiger partial charge >= 0.3 is 18.2 Å². The van der Waals surface area contributed by atoms with Crippen LogP contribution in [-0.4, -0.2) is 94.2 Å². The molecule has 5 amide bonds. The van der Waals surface area contributed by atoms with Crippen molar-refractivity contribution in [2.45, 2.75) is 147 Å². The second-order valence-electron chi connectivity index (χ2n) is 20.3. The summed E-state index contributed by atoms with van der Waals surface area (Å²) >= 11 is 0. The molecule has 0 fully saturated rings. The molecule has 77 heavy (non-hydrogen) atoms. The number of amides is 5. The molecule has 5 N–H and O–H groups in total. The van der Waals surface area contributed by atoms with Crippen LogP contribution in [0.2, 0.25) is 0 Å². The zero-order valence-electron chi connectivity index (χ0n) is 45.3. The number of Topliss-reactive ketones (excluding diaryl/α,β-unsaturated/α-hetero) is 1. The Kier molecular flexibility index (Phi) is 25.0. The van der Waals surface area contributed by atoms with E-state index in [1.54, 1.807) is 0 Å². The fourth-order valence-corrected chi connectivity index (χ4v) is 10.3. The van der Waals surface area contributed by atoms with E-state index in [0.29, 0.717) is 71.0 Å². The maximum atomic E-state index is 13.5. The lowest BCUT2D eigenvalue weighted by Gasteiger charge is -2.19. The SMILES string of the molecule is CCC(CCCCNC(=O)[C@H](CCCCCC(=O)CCCCCNC(=O)OCC1c2ccccc2-c2ccccc21)NC(=O)CCCCCNC(=O)OCC1c2ccccc2-c2ccccc21)COC(=O)CCC(=O)NC. The Bertz CT molecular complexity index is 2480. The molecule has 0 radical (unpaired) electrons. The van der Waals surface area contributed by atoms with Crippen LogP contribution < -0.4 is 26.6 Å². The lowest BCUT2D eigenvalue weighted by Crippen LogP contribution is -2.47. The van der Waals surface area contributed by atoms with Crippen molar-refractivity contribution in [3.8, 4) is 22.3 Å². The summed E-state index contributed by atoms with van der Waals surface area (Å²) in [6.45, 7) is 4.15. The minimum absolute atomic E-state index is 0.00425. The van der Waals surface area contributed by atoms with Crippen molar-refractivity contribution in [3.63, 3.8) is 0 Å². The molecular formula is C62H81N5O10. The number of carbonyl (C=O) groups is 7. The van der Waals surface area contributed by atoms with Crippen LogP contribution in [-0.2, 0) is 38.2 Å². The van der Waals surface area contributed by atoms with Gasteiger partial charge in [0, 0.05) is 64.2 Å². The monoisotopic (exact) mass is 1060 g/mol. The number of ether oxygens (including phenoxy) is 3. The van der Waals surface area contributed by atoms with Crippen LogP contribution in [0, 0.1) is 5.92 Å². The molecule has 15 heteroatoms. The topological polar surface area (TPSA) is 207 Å². The highest BCUT2D eigenvalue weighted by atomic mass is 16.6. The Balaban J connectivity index is 0.839. The number of carbonyl (C=O) groups excluding carboxylic acids is 7. The molecule has 0 bridgehead atoms. The van der Waals surface area contributed by atoms with Gasteiger partial charge in [0.1, 0.15) is 25.0 Å². The Morgan fingerprint density at radius 1 is 0.468 bits per heavy atom. The molecule has 6 rings (SSSR count). The highest BCUT2D eigenvalue weighted by Crippen LogP contribution is 2.45. The van der Waals surface area contributed by atoms with Crippen molar-refractivity contribution >= 4 is 41.7 Å². The van der Waals surface area contributed by atoms with E-state index in [4.69, 9.17) is 14.2 Å². The van der Waals surface area contributed by atoms with Crippen LogP contribution in [0.4, 0.5) is 9.59 Å². The molecule has 2 aliphatic carbocycles. The zero-order valence-corrected chi connectivity index (χ0v) is 45.3. The zero-order chi connectivity index (χ0) is 54.6. The standard InChI is InChI=1S/C62H81N5O10/c1-3-44(41-75-59(71)37-36-57(69)63-2)23-19-22-38-64-60(72)56(67-58(70)35-10-6-21-40-66-62(74)77-43-55-52-32-17-13-28-48(52)49-29-14-18-33-53(49)55)34-9-4-7-24-45(68)25-8-5-20-39-65-61(73)76-42-54-50-30-15-11-26-46(50)47-27-12-16-31-51(47)54/h11-18,26-33,44,54-56H,3-10,19-25,34-43H2,1-2H3,(H,63,69)(H,64,72)(H,65,73)(H,66,74)(H,67,70)/t44?,56-/m0/s1. The Labute approximate surface area is 455 Å². The maximum absolute atomic E-state index is 13.5. The average molecular weight is 1060 g/mol. The van der Waals surface area contributed by atoms with E-state index in [9.17, 15) is 33.6 Å². The van der Waals surface area contributed by atoms with E-state index >= 15 is 0 Å². The van der Waals surface area contributed by atoms with Crippen LogP contribution in [0.1, 0.15) is 163 Å². The van der Waals surface area contributed by atoms with Crippen LogP contribution in [0.5, 0.6) is 0 Å². The molecule has 4 aromatic carbocycles. The van der Waals surface area contributed by atoms with Gasteiger partial charge in [-0.3, -0.25) is 24.0 Å². The molecule has 4 aromatic rings. The van der Waals surface area contributed by atoms with Gasteiger partial charge in [0.05, 0.1) is 13.0 Å². The van der Waals surface area contributed by atoms with Crippen molar-refractivity contribution in [1.29, 1.82) is 0 Å². The van der Waals surface area contributed by atoms with Crippen LogP contribution in [0.15, 0.2) is 97.1 Å². The molecule has 15 nitrogen and oxygen atoms in total. The van der Waals surface area contributed by atoms with Crippen LogP contribution in [0.25, 0.3) is 22.3 Å². The molecule has 2 atom stereocenters. The summed E-state index contributed by atoms with van der Waals surface area (Å²) in [7, 11) is 1.53. The van der Waals surface area contributed by atoms with Gasteiger partial charge in [0.25, 0.3) is 0 Å². The molecule has 0 heterocycles. The van der Waals surface area contributed by atoms with Crippen molar-refractivity contribution in [3.05, 3.63) is 119 Å². The largest absolute Gasteiger partial charge is 0.465 e. The van der Waals surface area contributed by atoms with Gasteiger partial charge in [-0.05, 0) is 102 Å². The van der Waals surface area contributed by atoms with E-state index in [-0.39, 0.29) is 80.3 Å². The first-order valence-electron chi connectivity index (χ1n) is 28.2. The molecule has 1 unspecified atom stereocenters. The first-order valence-corrected chi connectivity index (χ1v) is 28.2. The third-order valence-electron chi connectivity index (χ3n) is 14.8. The van der Waals surface area contributed by atoms with E-state index in [1.165, 1.54) is 40.4 Å². The summed E-state index contributed by atoms with van der Waals surface area (Å²) in [5.41, 5.74) is 9.34. The molecule has 0 aromatic heterocycles. The lowest BCUT2D eigenvalue weighted by molar-refractivity contribution is -0.146. The fraction of sp³-hybridized carbons (Fsp3) is 0.500. The van der Waals surface area contributed by atoms with Crippen LogP contribution >= 0.6 is 0 Å². The number of esters is 1. The van der Waals surface area contributed by atoms with Gasteiger partial charge in [-0.1, -0.05) is 143 Å². The number of hydrogen-bond acceptors (Lipinski definition) is 10. The predicted molar refractivity (Wildman–Crippen MR) is 298 cm³/mol. The van der Waals surface area contributed by atoms with Crippen molar-refractivity contribution in [1.82, 2.24) is 26.6 Å². The predicted octanol–water partition coefficient (Wildman–Crippen LogP) is 10.6. The lowest BCUT2D eigenvalue weighted by atomic mass is 9.98. The highest BCUT2D eigenvalue weighted by molar-refractivity contribution is 5.87. The van der Waals surface area contributed by atoms with E-state index in [1.807, 2.05) is 55.5 Å². The molecule has 0 saturated heterocycles. The van der Waals surface area contributed by atoms with Gasteiger partial charge in [0.2, 0.25) is 17.7 Å². The summed E-state index contributed by atoms with van der Waals surface area (Å²) < 4.78 is 16.7. The number of rotatable bonds is 35. The number of hydrogen-bond donors (Lipinski definition) is 5. The second-order valence-corrected chi connectivity index (χ2v) is 20.3. The summed E-state index contributed by atoms with van der Waals surface area (Å²) in [4.78, 5) is 88.2. The quantitative estimate of drug-likeness (QED) is 0.0167. The number of nitrogens with one attached hydrogen (secondary N) is 5. The fourth-order valence-electron chi connectivity index (χ4n) is 10.3. The molecule has 0 aliphatic heterocycles. The van der Waals surface area contributed by atoms with Gasteiger partial charge < -0.3 is 40.8 Å². The number of unbranched alkanes of at least 4 members (excludes halogenated alkanes) is 7. The number of benzene rings is 4. The summed E-state index contributed by atoms with van der Waals surface area (Å²) in [5.74, 6) is -0.716. The third kappa shape index (κ3) is 19.2.